The molecule has 6 nitrogen and oxygen atoms in total. The standard InChI is InChI=1S/C17H25N3O3/c1-13(2)16-18-7-10-19(16)8-4-15(22)20-9-6-17(14(21)12-20)5-3-11-23-17/h7,10,13H,3-6,8-9,11-12H2,1-2H3/t17-/m1/s1. The molecule has 2 saturated heterocycles. The lowest BCUT2D eigenvalue weighted by atomic mass is 9.87. The van der Waals surface area contributed by atoms with E-state index in [-0.39, 0.29) is 18.2 Å². The Hall–Kier alpha value is -1.69. The fourth-order valence-corrected chi connectivity index (χ4v) is 3.56. The van der Waals surface area contributed by atoms with E-state index in [4.69, 9.17) is 4.74 Å². The number of rotatable bonds is 4. The predicted octanol–water partition coefficient (Wildman–Crippen LogP) is 1.75. The van der Waals surface area contributed by atoms with Crippen LogP contribution in [0.15, 0.2) is 12.4 Å². The van der Waals surface area contributed by atoms with Crippen molar-refractivity contribution in [2.45, 2.75) is 57.6 Å². The Morgan fingerprint density at radius 1 is 1.43 bits per heavy atom. The van der Waals surface area contributed by atoms with Crippen LogP contribution in [0.2, 0.25) is 0 Å². The molecule has 0 aromatic carbocycles. The van der Waals surface area contributed by atoms with E-state index < -0.39 is 5.60 Å². The number of piperidine rings is 1. The SMILES string of the molecule is CC(C)c1nccn1CCC(=O)N1CC[C@]2(CCCO2)C(=O)C1. The monoisotopic (exact) mass is 319 g/mol. The highest BCUT2D eigenvalue weighted by molar-refractivity contribution is 5.93. The first-order valence-corrected chi connectivity index (χ1v) is 8.48. The van der Waals surface area contributed by atoms with Crippen LogP contribution in [0.25, 0.3) is 0 Å². The minimum atomic E-state index is -0.591. The van der Waals surface area contributed by atoms with Crippen LogP contribution in [0, 0.1) is 0 Å². The molecule has 6 heteroatoms. The Kier molecular flexibility index (Phi) is 4.53. The lowest BCUT2D eigenvalue weighted by molar-refractivity contribution is -0.152. The number of carbonyl (C=O) groups excluding carboxylic acids is 2. The van der Waals surface area contributed by atoms with Gasteiger partial charge in [0.15, 0.2) is 5.78 Å². The fraction of sp³-hybridized carbons (Fsp3) is 0.706. The second kappa shape index (κ2) is 6.43. The lowest BCUT2D eigenvalue weighted by Gasteiger charge is -2.37. The van der Waals surface area contributed by atoms with E-state index in [9.17, 15) is 9.59 Å². The van der Waals surface area contributed by atoms with Gasteiger partial charge < -0.3 is 14.2 Å². The molecule has 1 atom stereocenters. The number of ether oxygens (including phenoxy) is 1. The Morgan fingerprint density at radius 3 is 2.91 bits per heavy atom. The number of Topliss-reactive ketones (excluding diaryl/α,β-unsaturated/α-hetero) is 1. The Morgan fingerprint density at radius 2 is 2.26 bits per heavy atom. The summed E-state index contributed by atoms with van der Waals surface area (Å²) in [7, 11) is 0. The van der Waals surface area contributed by atoms with Gasteiger partial charge in [0.2, 0.25) is 5.91 Å². The van der Waals surface area contributed by atoms with Gasteiger partial charge in [-0.2, -0.15) is 0 Å². The molecule has 3 rings (SSSR count). The van der Waals surface area contributed by atoms with Crippen molar-refractivity contribution in [3.63, 3.8) is 0 Å². The molecule has 0 bridgehead atoms. The van der Waals surface area contributed by atoms with Gasteiger partial charge in [0.05, 0.1) is 6.54 Å². The lowest BCUT2D eigenvalue weighted by Crippen LogP contribution is -2.53. The van der Waals surface area contributed by atoms with Gasteiger partial charge in [-0.15, -0.1) is 0 Å². The number of ketones is 1. The Labute approximate surface area is 136 Å². The summed E-state index contributed by atoms with van der Waals surface area (Å²) < 4.78 is 7.71. The molecule has 2 aliphatic rings. The van der Waals surface area contributed by atoms with Crippen molar-refractivity contribution in [3.05, 3.63) is 18.2 Å². The molecule has 0 aliphatic carbocycles. The summed E-state index contributed by atoms with van der Waals surface area (Å²) in [5.74, 6) is 1.43. The van der Waals surface area contributed by atoms with Gasteiger partial charge in [0.25, 0.3) is 0 Å². The number of likely N-dealkylation sites (tertiary alicyclic amines) is 1. The van der Waals surface area contributed by atoms with Crippen molar-refractivity contribution in [2.24, 2.45) is 0 Å². The van der Waals surface area contributed by atoms with E-state index in [0.29, 0.717) is 38.5 Å². The maximum Gasteiger partial charge on any atom is 0.224 e. The largest absolute Gasteiger partial charge is 0.367 e. The normalized spacial score (nSPS) is 24.8. The molecule has 0 radical (unpaired) electrons. The Bertz CT molecular complexity index is 588. The number of imidazole rings is 1. The fourth-order valence-electron chi connectivity index (χ4n) is 3.56. The number of hydrogen-bond donors (Lipinski definition) is 0. The molecule has 1 amide bonds. The zero-order chi connectivity index (χ0) is 16.4. The van der Waals surface area contributed by atoms with Gasteiger partial charge in [0.1, 0.15) is 11.4 Å². The first-order chi connectivity index (χ1) is 11.0. The van der Waals surface area contributed by atoms with Crippen LogP contribution in [0.4, 0.5) is 0 Å². The molecule has 1 aromatic rings. The van der Waals surface area contributed by atoms with Gasteiger partial charge in [0, 0.05) is 50.8 Å². The van der Waals surface area contributed by atoms with Crippen LogP contribution >= 0.6 is 0 Å². The van der Waals surface area contributed by atoms with Gasteiger partial charge in [-0.1, -0.05) is 13.8 Å². The van der Waals surface area contributed by atoms with Gasteiger partial charge in [-0.3, -0.25) is 9.59 Å². The number of carbonyl (C=O) groups is 2. The van der Waals surface area contributed by atoms with Gasteiger partial charge in [-0.05, 0) is 12.8 Å². The highest BCUT2D eigenvalue weighted by Crippen LogP contribution is 2.33. The van der Waals surface area contributed by atoms with Crippen LogP contribution in [-0.4, -0.2) is 51.4 Å². The molecule has 1 aromatic heterocycles. The summed E-state index contributed by atoms with van der Waals surface area (Å²) in [5, 5.41) is 0. The number of hydrogen-bond acceptors (Lipinski definition) is 4. The van der Waals surface area contributed by atoms with E-state index in [0.717, 1.165) is 18.7 Å². The van der Waals surface area contributed by atoms with Crippen LogP contribution < -0.4 is 0 Å². The molecule has 126 valence electrons. The first-order valence-electron chi connectivity index (χ1n) is 8.48. The summed E-state index contributed by atoms with van der Waals surface area (Å²) in [5.41, 5.74) is -0.591. The zero-order valence-corrected chi connectivity index (χ0v) is 14.0. The van der Waals surface area contributed by atoms with E-state index in [1.165, 1.54) is 0 Å². The van der Waals surface area contributed by atoms with Crippen LogP contribution in [0.1, 0.15) is 51.3 Å². The van der Waals surface area contributed by atoms with Crippen LogP contribution in [0.5, 0.6) is 0 Å². The average Bonchev–Trinajstić information content (AvgIpc) is 3.17. The number of amides is 1. The van der Waals surface area contributed by atoms with Gasteiger partial charge >= 0.3 is 0 Å². The third-order valence-electron chi connectivity index (χ3n) is 4.91. The summed E-state index contributed by atoms with van der Waals surface area (Å²) in [4.78, 5) is 30.8. The third kappa shape index (κ3) is 3.17. The molecule has 0 unspecified atom stereocenters. The second-order valence-corrected chi connectivity index (χ2v) is 6.82. The highest BCUT2D eigenvalue weighted by Gasteiger charge is 2.46. The minimum absolute atomic E-state index is 0.0367. The van der Waals surface area contributed by atoms with Crippen molar-refractivity contribution >= 4 is 11.7 Å². The highest BCUT2D eigenvalue weighted by atomic mass is 16.5. The van der Waals surface area contributed by atoms with Crippen molar-refractivity contribution < 1.29 is 14.3 Å². The summed E-state index contributed by atoms with van der Waals surface area (Å²) in [6.07, 6.45) is 6.47. The van der Waals surface area contributed by atoms with Crippen molar-refractivity contribution in [3.8, 4) is 0 Å². The molecule has 23 heavy (non-hydrogen) atoms. The minimum Gasteiger partial charge on any atom is -0.367 e. The molecule has 0 N–H and O–H groups in total. The molecular formula is C17H25N3O3. The van der Waals surface area contributed by atoms with Crippen LogP contribution in [-0.2, 0) is 20.9 Å². The molecular weight excluding hydrogens is 294 g/mol. The smallest absolute Gasteiger partial charge is 0.224 e. The molecule has 1 spiro atoms. The van der Waals surface area contributed by atoms with E-state index in [1.54, 1.807) is 11.1 Å². The summed E-state index contributed by atoms with van der Waals surface area (Å²) >= 11 is 0. The topological polar surface area (TPSA) is 64.4 Å². The molecule has 0 saturated carbocycles. The molecule has 3 heterocycles. The van der Waals surface area contributed by atoms with E-state index in [1.807, 2.05) is 10.8 Å². The average molecular weight is 319 g/mol. The maximum absolute atomic E-state index is 12.4. The third-order valence-corrected chi connectivity index (χ3v) is 4.91. The maximum atomic E-state index is 12.4. The quantitative estimate of drug-likeness (QED) is 0.848. The number of nitrogens with zero attached hydrogens (tertiary/aromatic N) is 3. The second-order valence-electron chi connectivity index (χ2n) is 6.82. The van der Waals surface area contributed by atoms with E-state index in [2.05, 4.69) is 18.8 Å². The van der Waals surface area contributed by atoms with E-state index >= 15 is 0 Å². The zero-order valence-electron chi connectivity index (χ0n) is 14.0. The van der Waals surface area contributed by atoms with Crippen molar-refractivity contribution in [1.29, 1.82) is 0 Å². The van der Waals surface area contributed by atoms with Crippen molar-refractivity contribution in [1.82, 2.24) is 14.5 Å². The van der Waals surface area contributed by atoms with Crippen molar-refractivity contribution in [2.75, 3.05) is 19.7 Å². The summed E-state index contributed by atoms with van der Waals surface area (Å²) in [6, 6.07) is 0. The summed E-state index contributed by atoms with van der Waals surface area (Å²) in [6.45, 7) is 6.26. The Balaban J connectivity index is 1.55. The number of aromatic nitrogens is 2. The van der Waals surface area contributed by atoms with Crippen LogP contribution in [0.3, 0.4) is 0 Å². The predicted molar refractivity (Wildman–Crippen MR) is 85.1 cm³/mol. The molecule has 2 aliphatic heterocycles. The molecule has 2 fully saturated rings. The van der Waals surface area contributed by atoms with Gasteiger partial charge in [-0.25, -0.2) is 4.98 Å². The number of aryl methyl sites for hydroxylation is 1. The first kappa shape index (κ1) is 16.2.